The van der Waals surface area contributed by atoms with Crippen molar-refractivity contribution >= 4 is 5.91 Å². The molecule has 0 aromatic carbocycles. The summed E-state index contributed by atoms with van der Waals surface area (Å²) in [6.45, 7) is 6.27. The van der Waals surface area contributed by atoms with Crippen molar-refractivity contribution in [3.8, 4) is 0 Å². The number of aliphatic hydroxyl groups is 1. The Kier molecular flexibility index (Phi) is 5.05. The maximum atomic E-state index is 11.7. The Morgan fingerprint density at radius 2 is 2.33 bits per heavy atom. The van der Waals surface area contributed by atoms with Gasteiger partial charge in [-0.3, -0.25) is 4.79 Å². The van der Waals surface area contributed by atoms with Crippen LogP contribution in [0.5, 0.6) is 0 Å². The Labute approximate surface area is 91.4 Å². The van der Waals surface area contributed by atoms with E-state index in [0.717, 1.165) is 25.9 Å². The second kappa shape index (κ2) is 6.08. The summed E-state index contributed by atoms with van der Waals surface area (Å²) in [5, 5.41) is 15.2. The number of amides is 1. The van der Waals surface area contributed by atoms with E-state index in [1.54, 1.807) is 6.92 Å². The van der Waals surface area contributed by atoms with Crippen LogP contribution >= 0.6 is 0 Å². The Morgan fingerprint density at radius 3 is 2.87 bits per heavy atom. The van der Waals surface area contributed by atoms with Crippen molar-refractivity contribution in [2.75, 3.05) is 19.6 Å². The molecule has 1 aliphatic rings. The van der Waals surface area contributed by atoms with Crippen LogP contribution in [0.25, 0.3) is 0 Å². The molecule has 3 atom stereocenters. The third kappa shape index (κ3) is 4.18. The average molecular weight is 214 g/mol. The smallest absolute Gasteiger partial charge is 0.224 e. The molecule has 1 rings (SSSR count). The fraction of sp³-hybridized carbons (Fsp3) is 0.909. The van der Waals surface area contributed by atoms with Crippen LogP contribution < -0.4 is 10.6 Å². The molecule has 0 aliphatic carbocycles. The van der Waals surface area contributed by atoms with Gasteiger partial charge in [-0.15, -0.1) is 0 Å². The van der Waals surface area contributed by atoms with Crippen molar-refractivity contribution in [2.45, 2.75) is 32.8 Å². The monoisotopic (exact) mass is 214 g/mol. The van der Waals surface area contributed by atoms with Gasteiger partial charge in [0.25, 0.3) is 0 Å². The lowest BCUT2D eigenvalue weighted by molar-refractivity contribution is -0.125. The van der Waals surface area contributed by atoms with Crippen LogP contribution in [0.2, 0.25) is 0 Å². The maximum absolute atomic E-state index is 11.7. The third-order valence-corrected chi connectivity index (χ3v) is 2.95. The third-order valence-electron chi connectivity index (χ3n) is 2.95. The van der Waals surface area contributed by atoms with Crippen LogP contribution in [0.1, 0.15) is 26.7 Å². The van der Waals surface area contributed by atoms with Gasteiger partial charge in [-0.2, -0.15) is 0 Å². The van der Waals surface area contributed by atoms with Crippen LogP contribution in [0.3, 0.4) is 0 Å². The summed E-state index contributed by atoms with van der Waals surface area (Å²) in [4.78, 5) is 11.7. The van der Waals surface area contributed by atoms with Gasteiger partial charge in [0, 0.05) is 13.1 Å². The molecule has 1 aliphatic heterocycles. The van der Waals surface area contributed by atoms with Crippen LogP contribution in [-0.4, -0.2) is 36.8 Å². The van der Waals surface area contributed by atoms with Crippen LogP contribution in [-0.2, 0) is 4.79 Å². The van der Waals surface area contributed by atoms with Gasteiger partial charge in [0.2, 0.25) is 5.91 Å². The minimum absolute atomic E-state index is 0.122. The molecule has 0 saturated carbocycles. The minimum Gasteiger partial charge on any atom is -0.393 e. The summed E-state index contributed by atoms with van der Waals surface area (Å²) in [6.07, 6.45) is 1.32. The van der Waals surface area contributed by atoms with E-state index in [9.17, 15) is 4.79 Å². The summed E-state index contributed by atoms with van der Waals surface area (Å²) < 4.78 is 0. The van der Waals surface area contributed by atoms with Crippen molar-refractivity contribution in [1.29, 1.82) is 0 Å². The number of carbonyl (C=O) groups is 1. The van der Waals surface area contributed by atoms with Crippen molar-refractivity contribution in [2.24, 2.45) is 11.8 Å². The molecule has 0 bridgehead atoms. The molecule has 88 valence electrons. The second-order valence-corrected chi connectivity index (χ2v) is 4.52. The number of carbonyl (C=O) groups excluding carboxylic acids is 1. The molecule has 3 unspecified atom stereocenters. The first-order chi connectivity index (χ1) is 7.11. The van der Waals surface area contributed by atoms with Gasteiger partial charge < -0.3 is 15.7 Å². The van der Waals surface area contributed by atoms with E-state index in [1.807, 2.05) is 0 Å². The molecule has 0 radical (unpaired) electrons. The van der Waals surface area contributed by atoms with Gasteiger partial charge >= 0.3 is 0 Å². The van der Waals surface area contributed by atoms with E-state index in [1.165, 1.54) is 0 Å². The molecule has 1 saturated heterocycles. The molecule has 0 aromatic heterocycles. The van der Waals surface area contributed by atoms with Gasteiger partial charge in [0.05, 0.1) is 12.0 Å². The van der Waals surface area contributed by atoms with Gasteiger partial charge in [-0.25, -0.2) is 0 Å². The zero-order valence-corrected chi connectivity index (χ0v) is 9.62. The molecule has 1 fully saturated rings. The predicted octanol–water partition coefficient (Wildman–Crippen LogP) is 0.119. The van der Waals surface area contributed by atoms with Crippen LogP contribution in [0, 0.1) is 11.8 Å². The van der Waals surface area contributed by atoms with Crippen LogP contribution in [0.15, 0.2) is 0 Å². The summed E-state index contributed by atoms with van der Waals surface area (Å²) in [7, 11) is 0. The van der Waals surface area contributed by atoms with E-state index in [4.69, 9.17) is 5.11 Å². The molecule has 0 aromatic rings. The van der Waals surface area contributed by atoms with Crippen molar-refractivity contribution in [3.63, 3.8) is 0 Å². The van der Waals surface area contributed by atoms with Crippen molar-refractivity contribution < 1.29 is 9.90 Å². The number of hydrogen-bond acceptors (Lipinski definition) is 3. The first-order valence-corrected chi connectivity index (χ1v) is 5.77. The van der Waals surface area contributed by atoms with Gasteiger partial charge in [-0.1, -0.05) is 6.92 Å². The molecule has 4 nitrogen and oxygen atoms in total. The lowest BCUT2D eigenvalue weighted by Gasteiger charge is -2.14. The first-order valence-electron chi connectivity index (χ1n) is 5.77. The van der Waals surface area contributed by atoms with Crippen molar-refractivity contribution in [1.82, 2.24) is 10.6 Å². The number of hydrogen-bond donors (Lipinski definition) is 3. The Hall–Kier alpha value is -0.610. The minimum atomic E-state index is -0.269. The maximum Gasteiger partial charge on any atom is 0.224 e. The van der Waals surface area contributed by atoms with E-state index in [-0.39, 0.29) is 17.9 Å². The Bertz CT molecular complexity index is 207. The van der Waals surface area contributed by atoms with Gasteiger partial charge in [0.15, 0.2) is 0 Å². The fourth-order valence-electron chi connectivity index (χ4n) is 1.90. The standard InChI is InChI=1S/C11H22N2O2/c1-8-6-12-7-10(8)11(15)13-5-3-4-9(2)14/h8-10,12,14H,3-7H2,1-2H3,(H,13,15). The SMILES string of the molecule is CC(O)CCCNC(=O)C1CNCC1C. The second-order valence-electron chi connectivity index (χ2n) is 4.52. The van der Waals surface area contributed by atoms with E-state index < -0.39 is 0 Å². The van der Waals surface area contributed by atoms with E-state index in [2.05, 4.69) is 17.6 Å². The Morgan fingerprint density at radius 1 is 1.60 bits per heavy atom. The van der Waals surface area contributed by atoms with E-state index >= 15 is 0 Å². The first kappa shape index (κ1) is 12.5. The van der Waals surface area contributed by atoms with Crippen molar-refractivity contribution in [3.05, 3.63) is 0 Å². The summed E-state index contributed by atoms with van der Waals surface area (Å²) in [5.41, 5.74) is 0. The molecule has 0 spiro atoms. The molecule has 15 heavy (non-hydrogen) atoms. The average Bonchev–Trinajstić information content (AvgIpc) is 2.58. The number of rotatable bonds is 5. The van der Waals surface area contributed by atoms with E-state index in [0.29, 0.717) is 12.5 Å². The van der Waals surface area contributed by atoms with Crippen LogP contribution in [0.4, 0.5) is 0 Å². The Balaban J connectivity index is 2.13. The summed E-state index contributed by atoms with van der Waals surface area (Å²) in [5.74, 6) is 0.705. The molecule has 4 heteroatoms. The summed E-state index contributed by atoms with van der Waals surface area (Å²) in [6, 6.07) is 0. The highest BCUT2D eigenvalue weighted by atomic mass is 16.3. The molecule has 1 heterocycles. The normalized spacial score (nSPS) is 27.7. The topological polar surface area (TPSA) is 61.4 Å². The van der Waals surface area contributed by atoms with Gasteiger partial charge in [-0.05, 0) is 32.2 Å². The highest BCUT2D eigenvalue weighted by molar-refractivity contribution is 5.79. The molecule has 1 amide bonds. The number of nitrogens with one attached hydrogen (secondary N) is 2. The molecular weight excluding hydrogens is 192 g/mol. The predicted molar refractivity (Wildman–Crippen MR) is 59.4 cm³/mol. The fourth-order valence-corrected chi connectivity index (χ4v) is 1.90. The lowest BCUT2D eigenvalue weighted by Crippen LogP contribution is -2.35. The largest absolute Gasteiger partial charge is 0.393 e. The highest BCUT2D eigenvalue weighted by Gasteiger charge is 2.28. The number of aliphatic hydroxyl groups excluding tert-OH is 1. The quantitative estimate of drug-likeness (QED) is 0.570. The summed E-state index contributed by atoms with van der Waals surface area (Å²) >= 11 is 0. The molecular formula is C11H22N2O2. The zero-order valence-electron chi connectivity index (χ0n) is 9.62. The zero-order chi connectivity index (χ0) is 11.3. The lowest BCUT2D eigenvalue weighted by atomic mass is 9.97. The highest BCUT2D eigenvalue weighted by Crippen LogP contribution is 2.15. The van der Waals surface area contributed by atoms with Gasteiger partial charge in [0.1, 0.15) is 0 Å². The molecule has 3 N–H and O–H groups in total.